The van der Waals surface area contributed by atoms with Gasteiger partial charge in [-0.2, -0.15) is 0 Å². The van der Waals surface area contributed by atoms with Gasteiger partial charge in [0.15, 0.2) is 18.2 Å². The highest BCUT2D eigenvalue weighted by Crippen LogP contribution is 2.23. The molecule has 1 aromatic carbocycles. The van der Waals surface area contributed by atoms with E-state index in [1.165, 1.54) is 10.9 Å². The van der Waals surface area contributed by atoms with Crippen LogP contribution >= 0.6 is 0 Å². The Morgan fingerprint density at radius 1 is 0.905 bits per heavy atom. The lowest BCUT2D eigenvalue weighted by atomic mass is 9.94. The summed E-state index contributed by atoms with van der Waals surface area (Å²) in [7, 11) is 0. The first-order chi connectivity index (χ1) is 29.9. The Bertz CT molecular complexity index is 1920. The number of hydrogen-bond donors (Lipinski definition) is 13. The fourth-order valence-corrected chi connectivity index (χ4v) is 6.78. The van der Waals surface area contributed by atoms with E-state index in [1.54, 1.807) is 30.3 Å². The van der Waals surface area contributed by atoms with Crippen LogP contribution in [-0.2, 0) is 44.7 Å². The van der Waals surface area contributed by atoms with E-state index in [0.29, 0.717) is 0 Å². The molecule has 10 atom stereocenters. The summed E-state index contributed by atoms with van der Waals surface area (Å²) in [6.07, 6.45) is -8.85. The van der Waals surface area contributed by atoms with Crippen LogP contribution in [0.15, 0.2) is 36.5 Å². The third-order valence-corrected chi connectivity index (χ3v) is 10.2. The zero-order valence-electron chi connectivity index (χ0n) is 34.4. The van der Waals surface area contributed by atoms with Crippen molar-refractivity contribution in [3.8, 4) is 0 Å². The molecule has 2 bridgehead atoms. The number of aliphatic hydroxyl groups is 3. The number of unbranched alkanes of at least 4 members (excludes halogenated alkanes) is 1. The lowest BCUT2D eigenvalue weighted by Gasteiger charge is -2.40. The Hall–Kier alpha value is -6.31. The Balaban J connectivity index is 1.56. The minimum absolute atomic E-state index is 0.00698. The van der Waals surface area contributed by atoms with Gasteiger partial charge in [-0.3, -0.25) is 39.0 Å². The highest BCUT2D eigenvalue weighted by molar-refractivity contribution is 5.94. The molecule has 1 fully saturated rings. The molecular weight excluding hydrogens is 835 g/mol. The number of hydrogen-bond acceptors (Lipinski definition) is 14. The fourth-order valence-electron chi connectivity index (χ4n) is 6.78. The number of nitrogens with one attached hydrogen (secondary N) is 8. The third kappa shape index (κ3) is 14.9. The first-order valence-corrected chi connectivity index (χ1v) is 20.3. The number of rotatable bonds is 17. The van der Waals surface area contributed by atoms with Crippen LogP contribution in [0.5, 0.6) is 0 Å². The largest absolute Gasteiger partial charge is 0.481 e. The molecule has 2 aliphatic heterocycles. The van der Waals surface area contributed by atoms with Gasteiger partial charge >= 0.3 is 5.97 Å². The molecular formula is C38H55FN12O12. The molecule has 4 rings (SSSR count). The number of fused-ring (bicyclic) bond motifs is 2. The maximum atomic E-state index is 14.1. The van der Waals surface area contributed by atoms with E-state index in [0.717, 1.165) is 12.5 Å². The lowest BCUT2D eigenvalue weighted by Crippen LogP contribution is -2.63. The second-order valence-electron chi connectivity index (χ2n) is 15.1. The summed E-state index contributed by atoms with van der Waals surface area (Å²) in [5.74, 6) is -6.82. The van der Waals surface area contributed by atoms with Crippen molar-refractivity contribution in [2.24, 2.45) is 5.73 Å². The average Bonchev–Trinajstić information content (AvgIpc) is 3.73. The second kappa shape index (κ2) is 23.8. The number of carboxylic acid groups (broad SMARTS) is 1. The van der Waals surface area contributed by atoms with Crippen molar-refractivity contribution in [2.75, 3.05) is 26.2 Å². The van der Waals surface area contributed by atoms with Crippen LogP contribution in [0.25, 0.3) is 0 Å². The number of alkyl halides is 1. The smallest absolute Gasteiger partial charge is 0.305 e. The first-order valence-electron chi connectivity index (χ1n) is 20.3. The van der Waals surface area contributed by atoms with Gasteiger partial charge < -0.3 is 68.1 Å². The average molecular weight is 891 g/mol. The number of aliphatic carboxylic acids is 1. The maximum Gasteiger partial charge on any atom is 0.305 e. The minimum atomic E-state index is -1.88. The number of amides is 6. The number of nitrogens with zero attached hydrogens (tertiary/aromatic N) is 3. The van der Waals surface area contributed by atoms with Crippen molar-refractivity contribution in [3.05, 3.63) is 47.8 Å². The number of carbonyl (C=O) groups excluding carboxylic acids is 6. The summed E-state index contributed by atoms with van der Waals surface area (Å²) in [5, 5.41) is 74.2. The summed E-state index contributed by atoms with van der Waals surface area (Å²) >= 11 is 0. The summed E-state index contributed by atoms with van der Waals surface area (Å²) in [6.45, 7) is -0.0364. The fraction of sp³-hybridized carbons (Fsp3) is 0.579. The molecule has 0 saturated carbocycles. The number of carboxylic acids is 1. The number of halogens is 1. The van der Waals surface area contributed by atoms with Crippen molar-refractivity contribution in [1.29, 1.82) is 5.41 Å². The second-order valence-corrected chi connectivity index (χ2v) is 15.1. The molecule has 25 heteroatoms. The number of aromatic nitrogens is 3. The van der Waals surface area contributed by atoms with E-state index in [9.17, 15) is 58.4 Å². The molecule has 346 valence electrons. The first kappa shape index (κ1) is 49.3. The van der Waals surface area contributed by atoms with Crippen LogP contribution in [0.1, 0.15) is 68.8 Å². The van der Waals surface area contributed by atoms with E-state index < -0.39 is 122 Å². The molecule has 0 radical (unpaired) electrons. The molecule has 3 heterocycles. The summed E-state index contributed by atoms with van der Waals surface area (Å²) in [4.78, 5) is 90.7. The van der Waals surface area contributed by atoms with Crippen molar-refractivity contribution < 1.29 is 63.1 Å². The van der Waals surface area contributed by atoms with Crippen molar-refractivity contribution in [1.82, 2.24) is 52.2 Å². The standard InChI is InChI=1S/C38H55FN12O12/c1-19(39)33(58)44-16-26-29(55)30(56)31(57)32(63-26)37(62)42-12-6-5-11-25-36(61)47-21(10-7-13-43-38(40)41)34(59)45-17-27(52)46-23(15-28(53)54)35(60)48-22(24-18-51(25)50-49-24)14-20-8-3-2-4-9-20/h2-4,8-9,18-19,21-23,25-26,29-32,55-57H,5-7,10-17H2,1H3,(H,42,62)(H,44,58)(H,45,59)(H,46,52)(H,47,61)(H,48,60)(H,53,54)(H4,40,41,43)/t19-,21-,22-,23-,25-,26+,29?,30-,31-,32?/m0/s1. The number of nitrogens with two attached hydrogens (primary N) is 1. The molecule has 6 amide bonds. The van der Waals surface area contributed by atoms with E-state index in [2.05, 4.69) is 47.5 Å². The van der Waals surface area contributed by atoms with Crippen LogP contribution in [0.4, 0.5) is 4.39 Å². The highest BCUT2D eigenvalue weighted by Gasteiger charge is 2.46. The third-order valence-electron chi connectivity index (χ3n) is 10.2. The van der Waals surface area contributed by atoms with Crippen LogP contribution in [0, 0.1) is 5.41 Å². The molecule has 63 heavy (non-hydrogen) atoms. The van der Waals surface area contributed by atoms with Gasteiger partial charge in [-0.25, -0.2) is 9.07 Å². The highest BCUT2D eigenvalue weighted by atomic mass is 19.1. The monoisotopic (exact) mass is 890 g/mol. The van der Waals surface area contributed by atoms with Crippen LogP contribution in [-0.4, -0.2) is 158 Å². The predicted octanol–water partition coefficient (Wildman–Crippen LogP) is -4.33. The van der Waals surface area contributed by atoms with E-state index in [4.69, 9.17) is 15.9 Å². The number of carbonyl (C=O) groups is 7. The molecule has 1 saturated heterocycles. The minimum Gasteiger partial charge on any atom is -0.481 e. The molecule has 1 aromatic heterocycles. The van der Waals surface area contributed by atoms with Gasteiger partial charge in [-0.05, 0) is 51.0 Å². The van der Waals surface area contributed by atoms with Gasteiger partial charge in [0.1, 0.15) is 48.2 Å². The van der Waals surface area contributed by atoms with E-state index in [-0.39, 0.29) is 63.3 Å². The number of aliphatic hydroxyl groups excluding tert-OH is 3. The van der Waals surface area contributed by atoms with Crippen LogP contribution in [0.3, 0.4) is 0 Å². The zero-order chi connectivity index (χ0) is 46.2. The quantitative estimate of drug-likeness (QED) is 0.0406. The molecule has 0 aliphatic carbocycles. The predicted molar refractivity (Wildman–Crippen MR) is 215 cm³/mol. The molecule has 0 spiro atoms. The van der Waals surface area contributed by atoms with Crippen molar-refractivity contribution in [3.63, 3.8) is 0 Å². The van der Waals surface area contributed by atoms with Gasteiger partial charge in [-0.15, -0.1) is 5.10 Å². The van der Waals surface area contributed by atoms with Crippen molar-refractivity contribution in [2.45, 2.75) is 113 Å². The molecule has 2 aliphatic rings. The lowest BCUT2D eigenvalue weighted by molar-refractivity contribution is -0.219. The van der Waals surface area contributed by atoms with Gasteiger partial charge in [0.2, 0.25) is 23.6 Å². The molecule has 24 nitrogen and oxygen atoms in total. The Labute approximate surface area is 360 Å². The van der Waals surface area contributed by atoms with Crippen molar-refractivity contribution >= 4 is 47.4 Å². The zero-order valence-corrected chi connectivity index (χ0v) is 34.4. The number of guanidine groups is 1. The number of benzene rings is 1. The van der Waals surface area contributed by atoms with Gasteiger partial charge in [0.05, 0.1) is 25.2 Å². The number of ether oxygens (including phenoxy) is 1. The Morgan fingerprint density at radius 3 is 2.29 bits per heavy atom. The van der Waals surface area contributed by atoms with Gasteiger partial charge in [0.25, 0.3) is 11.8 Å². The topological polar surface area (TPSA) is 374 Å². The summed E-state index contributed by atoms with van der Waals surface area (Å²) < 4.78 is 20.1. The molecule has 2 unspecified atom stereocenters. The van der Waals surface area contributed by atoms with E-state index >= 15 is 0 Å². The Morgan fingerprint density at radius 2 is 1.60 bits per heavy atom. The van der Waals surface area contributed by atoms with E-state index in [1.807, 2.05) is 0 Å². The van der Waals surface area contributed by atoms with Crippen LogP contribution in [0.2, 0.25) is 0 Å². The normalized spacial score (nSPS) is 26.2. The summed E-state index contributed by atoms with van der Waals surface area (Å²) in [6, 6.07) is 4.02. The molecule has 2 aromatic rings. The van der Waals surface area contributed by atoms with Gasteiger partial charge in [-0.1, -0.05) is 35.5 Å². The molecule has 14 N–H and O–H groups in total. The Kier molecular flexibility index (Phi) is 18.6. The maximum absolute atomic E-state index is 14.1. The SMILES string of the molecule is C[C@H](F)C(=O)NC[C@H]1OC(C(=O)NCCCC[C@H]2C(=O)N[C@@H](CCCNC(=N)N)C(=O)NCC(=O)N[C@@H](CC(=O)O)C(=O)N[C@@H](Cc3ccccc3)c3cn2nn3)[C@@H](O)[C@@H](O)C1O. The summed E-state index contributed by atoms with van der Waals surface area (Å²) in [5.41, 5.74) is 6.29. The van der Waals surface area contributed by atoms with Crippen LogP contribution < -0.4 is 43.0 Å². The van der Waals surface area contributed by atoms with Gasteiger partial charge in [0, 0.05) is 19.6 Å².